The molecule has 6 atom stereocenters. The molecular formula is C21H35N3O5. The van der Waals surface area contributed by atoms with E-state index in [4.69, 9.17) is 4.74 Å². The first-order valence-corrected chi connectivity index (χ1v) is 11.1. The molecule has 164 valence electrons. The van der Waals surface area contributed by atoms with E-state index in [1.807, 2.05) is 6.92 Å². The minimum atomic E-state index is -0.978. The van der Waals surface area contributed by atoms with E-state index in [1.54, 1.807) is 6.92 Å². The number of hydrogen-bond acceptors (Lipinski definition) is 5. The number of ether oxygens (including phenoxy) is 1. The van der Waals surface area contributed by atoms with Gasteiger partial charge >= 0.3 is 0 Å². The molecule has 3 aliphatic rings. The third kappa shape index (κ3) is 3.65. The second-order valence-corrected chi connectivity index (χ2v) is 8.62. The molecule has 1 spiro atoms. The topological polar surface area (TPSA) is 108 Å². The van der Waals surface area contributed by atoms with Crippen molar-refractivity contribution in [2.24, 2.45) is 11.8 Å². The van der Waals surface area contributed by atoms with Crippen molar-refractivity contribution in [1.29, 1.82) is 0 Å². The van der Waals surface area contributed by atoms with Crippen molar-refractivity contribution < 1.29 is 24.2 Å². The predicted octanol–water partition coefficient (Wildman–Crippen LogP) is 0.574. The maximum Gasteiger partial charge on any atom is 0.245 e. The highest BCUT2D eigenvalue weighted by Crippen LogP contribution is 2.58. The lowest BCUT2D eigenvalue weighted by Crippen LogP contribution is -2.57. The number of likely N-dealkylation sites (tertiary alicyclic amines) is 1. The third-order valence-electron chi connectivity index (χ3n) is 6.66. The van der Waals surface area contributed by atoms with Crippen LogP contribution in [0.4, 0.5) is 0 Å². The number of hydrogen-bond donors (Lipinski definition) is 3. The van der Waals surface area contributed by atoms with Crippen LogP contribution in [0.1, 0.15) is 59.3 Å². The molecule has 8 nitrogen and oxygen atoms in total. The molecule has 3 fully saturated rings. The summed E-state index contributed by atoms with van der Waals surface area (Å²) in [4.78, 5) is 40.9. The number of carbonyl (C=O) groups excluding carboxylic acids is 3. The molecule has 3 amide bonds. The number of aliphatic hydroxyl groups excluding tert-OH is 1. The average Bonchev–Trinajstić information content (AvgIpc) is 3.36. The van der Waals surface area contributed by atoms with E-state index in [0.29, 0.717) is 25.9 Å². The van der Waals surface area contributed by atoms with Crippen LogP contribution < -0.4 is 10.6 Å². The molecule has 3 saturated heterocycles. The fourth-order valence-electron chi connectivity index (χ4n) is 5.30. The fourth-order valence-corrected chi connectivity index (χ4v) is 5.30. The molecule has 0 radical (unpaired) electrons. The predicted molar refractivity (Wildman–Crippen MR) is 107 cm³/mol. The van der Waals surface area contributed by atoms with Gasteiger partial charge in [-0.1, -0.05) is 26.7 Å². The van der Waals surface area contributed by atoms with E-state index < -0.39 is 29.5 Å². The van der Waals surface area contributed by atoms with E-state index in [2.05, 4.69) is 17.6 Å². The molecule has 0 aromatic rings. The zero-order valence-corrected chi connectivity index (χ0v) is 17.8. The number of amides is 3. The van der Waals surface area contributed by atoms with Crippen molar-refractivity contribution in [2.45, 2.75) is 83.1 Å². The highest BCUT2D eigenvalue weighted by Gasteiger charge is 2.74. The largest absolute Gasteiger partial charge is 0.394 e. The normalized spacial score (nSPS) is 33.7. The molecule has 0 saturated carbocycles. The van der Waals surface area contributed by atoms with Gasteiger partial charge in [0.25, 0.3) is 0 Å². The lowest BCUT2D eigenvalue weighted by molar-refractivity contribution is -0.145. The summed E-state index contributed by atoms with van der Waals surface area (Å²) in [5, 5.41) is 15.6. The molecular weight excluding hydrogens is 374 g/mol. The Bertz CT molecular complexity index is 642. The van der Waals surface area contributed by atoms with Crippen molar-refractivity contribution in [3.63, 3.8) is 0 Å². The van der Waals surface area contributed by atoms with E-state index in [0.717, 1.165) is 25.7 Å². The van der Waals surface area contributed by atoms with Crippen LogP contribution in [0, 0.1) is 11.8 Å². The molecule has 29 heavy (non-hydrogen) atoms. The zero-order chi connectivity index (χ0) is 21.2. The van der Waals surface area contributed by atoms with Gasteiger partial charge in [-0.25, -0.2) is 0 Å². The van der Waals surface area contributed by atoms with Crippen LogP contribution in [0.2, 0.25) is 0 Å². The minimum absolute atomic E-state index is 0.169. The number of unbranched alkanes of at least 4 members (excludes halogenated alkanes) is 2. The maximum atomic E-state index is 13.4. The molecule has 2 bridgehead atoms. The Labute approximate surface area is 172 Å². The van der Waals surface area contributed by atoms with Gasteiger partial charge in [-0.2, -0.15) is 0 Å². The first kappa shape index (κ1) is 22.0. The lowest BCUT2D eigenvalue weighted by Gasteiger charge is -2.35. The first-order valence-electron chi connectivity index (χ1n) is 11.1. The second kappa shape index (κ2) is 9.00. The third-order valence-corrected chi connectivity index (χ3v) is 6.66. The maximum absolute atomic E-state index is 13.4. The van der Waals surface area contributed by atoms with Crippen LogP contribution in [0.5, 0.6) is 0 Å². The Kier molecular flexibility index (Phi) is 6.83. The summed E-state index contributed by atoms with van der Waals surface area (Å²) in [6, 6.07) is -1.33. The Balaban J connectivity index is 1.88. The van der Waals surface area contributed by atoms with Crippen molar-refractivity contribution in [2.75, 3.05) is 19.7 Å². The van der Waals surface area contributed by atoms with E-state index >= 15 is 0 Å². The van der Waals surface area contributed by atoms with Crippen molar-refractivity contribution >= 4 is 17.7 Å². The Morgan fingerprint density at radius 1 is 1.21 bits per heavy atom. The lowest BCUT2D eigenvalue weighted by atomic mass is 9.70. The molecule has 0 aliphatic carbocycles. The van der Waals surface area contributed by atoms with Crippen LogP contribution >= 0.6 is 0 Å². The molecule has 0 aromatic carbocycles. The molecule has 3 rings (SSSR count). The number of aliphatic hydroxyl groups is 1. The number of nitrogens with one attached hydrogen (secondary N) is 2. The SMILES string of the molecule is CCCCCNC(=O)C1N([C@H](C)CO)C(=O)[C@@H]2[C@H](C(=O)NCCC)[C@@H]3CCC12O3. The number of fused-ring (bicyclic) bond motifs is 1. The molecule has 0 aromatic heterocycles. The summed E-state index contributed by atoms with van der Waals surface area (Å²) < 4.78 is 6.29. The molecule has 3 heterocycles. The van der Waals surface area contributed by atoms with Crippen LogP contribution in [-0.4, -0.2) is 71.2 Å². The van der Waals surface area contributed by atoms with Gasteiger partial charge in [0, 0.05) is 13.1 Å². The standard InChI is InChI=1S/C21H35N3O5/c1-4-6-7-11-23-19(27)17-21-9-8-14(29-21)15(18(26)22-10-5-2)16(21)20(28)24(17)13(3)12-25/h13-17,25H,4-12H2,1-3H3,(H,22,26)(H,23,27)/t13-,14+,15-,16+,17?,21?/m1/s1. The summed E-state index contributed by atoms with van der Waals surface area (Å²) in [7, 11) is 0. The molecule has 3 aliphatic heterocycles. The molecule has 8 heteroatoms. The summed E-state index contributed by atoms with van der Waals surface area (Å²) in [6.45, 7) is 6.65. The van der Waals surface area contributed by atoms with Crippen molar-refractivity contribution in [3.05, 3.63) is 0 Å². The van der Waals surface area contributed by atoms with Crippen LogP contribution in [0.3, 0.4) is 0 Å². The monoisotopic (exact) mass is 409 g/mol. The van der Waals surface area contributed by atoms with Gasteiger partial charge in [0.1, 0.15) is 11.6 Å². The summed E-state index contributed by atoms with van der Waals surface area (Å²) in [5.41, 5.74) is -0.978. The zero-order valence-electron chi connectivity index (χ0n) is 17.8. The van der Waals surface area contributed by atoms with Crippen molar-refractivity contribution in [3.8, 4) is 0 Å². The van der Waals surface area contributed by atoms with Gasteiger partial charge in [0.05, 0.1) is 30.6 Å². The van der Waals surface area contributed by atoms with E-state index in [9.17, 15) is 19.5 Å². The fraction of sp³-hybridized carbons (Fsp3) is 0.857. The van der Waals surface area contributed by atoms with Gasteiger partial charge in [-0.3, -0.25) is 14.4 Å². The molecule has 2 unspecified atom stereocenters. The summed E-state index contributed by atoms with van der Waals surface area (Å²) >= 11 is 0. The average molecular weight is 410 g/mol. The highest BCUT2D eigenvalue weighted by atomic mass is 16.5. The van der Waals surface area contributed by atoms with Gasteiger partial charge in [0.2, 0.25) is 17.7 Å². The Hall–Kier alpha value is -1.67. The van der Waals surface area contributed by atoms with Gasteiger partial charge in [0.15, 0.2) is 0 Å². The smallest absolute Gasteiger partial charge is 0.245 e. The van der Waals surface area contributed by atoms with Crippen LogP contribution in [-0.2, 0) is 19.1 Å². The highest BCUT2D eigenvalue weighted by molar-refractivity contribution is 5.99. The second-order valence-electron chi connectivity index (χ2n) is 8.62. The first-order chi connectivity index (χ1) is 13.9. The van der Waals surface area contributed by atoms with Crippen LogP contribution in [0.15, 0.2) is 0 Å². The quantitative estimate of drug-likeness (QED) is 0.457. The van der Waals surface area contributed by atoms with E-state index in [-0.39, 0.29) is 30.4 Å². The summed E-state index contributed by atoms with van der Waals surface area (Å²) in [5.74, 6) is -1.91. The Morgan fingerprint density at radius 3 is 2.59 bits per heavy atom. The summed E-state index contributed by atoms with van der Waals surface area (Å²) in [6.07, 6.45) is 4.67. The Morgan fingerprint density at radius 2 is 1.93 bits per heavy atom. The van der Waals surface area contributed by atoms with E-state index in [1.165, 1.54) is 4.90 Å². The van der Waals surface area contributed by atoms with Crippen molar-refractivity contribution in [1.82, 2.24) is 15.5 Å². The minimum Gasteiger partial charge on any atom is -0.394 e. The number of carbonyl (C=O) groups is 3. The number of nitrogens with zero attached hydrogens (tertiary/aromatic N) is 1. The van der Waals surface area contributed by atoms with Gasteiger partial charge in [-0.05, 0) is 32.6 Å². The van der Waals surface area contributed by atoms with Gasteiger partial charge in [-0.15, -0.1) is 0 Å². The molecule has 3 N–H and O–H groups in total. The van der Waals surface area contributed by atoms with Gasteiger partial charge < -0.3 is 25.4 Å². The number of rotatable bonds is 10. The van der Waals surface area contributed by atoms with Crippen LogP contribution in [0.25, 0.3) is 0 Å².